The van der Waals surface area contributed by atoms with Crippen molar-refractivity contribution in [3.63, 3.8) is 0 Å². The van der Waals surface area contributed by atoms with Gasteiger partial charge in [0.2, 0.25) is 11.8 Å². The molecule has 1 heterocycles. The molecule has 1 aromatic carbocycles. The molecule has 2 rings (SSSR count). The van der Waals surface area contributed by atoms with Crippen LogP contribution in [0.4, 0.5) is 0 Å². The van der Waals surface area contributed by atoms with Gasteiger partial charge in [0.15, 0.2) is 0 Å². The van der Waals surface area contributed by atoms with E-state index >= 15 is 0 Å². The maximum absolute atomic E-state index is 13.3. The lowest BCUT2D eigenvalue weighted by Crippen LogP contribution is -2.59. The molecule has 1 aliphatic heterocycles. The predicted molar refractivity (Wildman–Crippen MR) is 134 cm³/mol. The summed E-state index contributed by atoms with van der Waals surface area (Å²) in [6.07, 6.45) is 6.13. The molecule has 3 amide bonds. The van der Waals surface area contributed by atoms with Crippen LogP contribution in [0.2, 0.25) is 10.0 Å². The van der Waals surface area contributed by atoms with E-state index < -0.39 is 11.9 Å². The summed E-state index contributed by atoms with van der Waals surface area (Å²) in [5.41, 5.74) is 0.280. The Balaban J connectivity index is 1.95. The van der Waals surface area contributed by atoms with E-state index in [2.05, 4.69) is 12.2 Å². The molecule has 2 atom stereocenters. The molecule has 0 bridgehead atoms. The minimum Gasteiger partial charge on any atom is -0.340 e. The molecule has 8 heteroatoms. The maximum atomic E-state index is 13.3. The molecule has 1 saturated heterocycles. The van der Waals surface area contributed by atoms with Gasteiger partial charge in [-0.2, -0.15) is 0 Å². The number of carbonyl (C=O) groups is 3. The van der Waals surface area contributed by atoms with Gasteiger partial charge < -0.3 is 15.1 Å². The maximum Gasteiger partial charge on any atom is 0.253 e. The fourth-order valence-corrected chi connectivity index (χ4v) is 4.65. The zero-order valence-corrected chi connectivity index (χ0v) is 21.7. The van der Waals surface area contributed by atoms with E-state index in [-0.39, 0.29) is 34.4 Å². The van der Waals surface area contributed by atoms with Gasteiger partial charge in [0.05, 0.1) is 10.6 Å². The van der Waals surface area contributed by atoms with Crippen LogP contribution in [0.25, 0.3) is 0 Å². The van der Waals surface area contributed by atoms with Gasteiger partial charge in [0.25, 0.3) is 5.91 Å². The largest absolute Gasteiger partial charge is 0.340 e. The summed E-state index contributed by atoms with van der Waals surface area (Å²) in [5, 5.41) is 3.53. The Morgan fingerprint density at radius 3 is 2.39 bits per heavy atom. The third-order valence-corrected chi connectivity index (χ3v) is 6.70. The monoisotopic (exact) mass is 497 g/mol. The van der Waals surface area contributed by atoms with Crippen LogP contribution in [0.15, 0.2) is 18.2 Å². The van der Waals surface area contributed by atoms with Gasteiger partial charge in [-0.25, -0.2) is 0 Å². The third kappa shape index (κ3) is 7.89. The van der Waals surface area contributed by atoms with E-state index in [0.717, 1.165) is 12.8 Å². The first-order valence-electron chi connectivity index (χ1n) is 12.0. The number of benzene rings is 1. The van der Waals surface area contributed by atoms with Crippen molar-refractivity contribution in [3.05, 3.63) is 33.8 Å². The van der Waals surface area contributed by atoms with Gasteiger partial charge in [-0.15, -0.1) is 0 Å². The molecule has 0 aromatic heterocycles. The number of hydrogen-bond donors (Lipinski definition) is 1. The first-order valence-corrected chi connectivity index (χ1v) is 12.8. The van der Waals surface area contributed by atoms with Crippen molar-refractivity contribution in [2.75, 3.05) is 19.6 Å². The topological polar surface area (TPSA) is 69.7 Å². The average molecular weight is 498 g/mol. The summed E-state index contributed by atoms with van der Waals surface area (Å²) in [4.78, 5) is 42.4. The van der Waals surface area contributed by atoms with Gasteiger partial charge in [0, 0.05) is 37.1 Å². The van der Waals surface area contributed by atoms with Crippen molar-refractivity contribution < 1.29 is 14.4 Å². The van der Waals surface area contributed by atoms with Crippen molar-refractivity contribution in [2.45, 2.75) is 78.3 Å². The Hall–Kier alpha value is -1.79. The van der Waals surface area contributed by atoms with Gasteiger partial charge in [-0.05, 0) is 37.5 Å². The third-order valence-electron chi connectivity index (χ3n) is 6.15. The Kier molecular flexibility index (Phi) is 11.0. The smallest absolute Gasteiger partial charge is 0.253 e. The minimum absolute atomic E-state index is 0.0555. The van der Waals surface area contributed by atoms with Crippen molar-refractivity contribution >= 4 is 40.9 Å². The summed E-state index contributed by atoms with van der Waals surface area (Å²) in [5.74, 6) is -0.488. The fraction of sp³-hybridized carbons (Fsp3) is 0.640. The fourth-order valence-electron chi connectivity index (χ4n) is 4.15. The molecular weight excluding hydrogens is 461 g/mol. The highest BCUT2D eigenvalue weighted by atomic mass is 35.5. The Morgan fingerprint density at radius 1 is 1.09 bits per heavy atom. The number of nitrogens with zero attached hydrogens (tertiary/aromatic N) is 2. The lowest BCUT2D eigenvalue weighted by Gasteiger charge is -2.41. The molecule has 184 valence electrons. The number of amides is 3. The second kappa shape index (κ2) is 13.2. The summed E-state index contributed by atoms with van der Waals surface area (Å²) in [6.45, 7) is 9.39. The summed E-state index contributed by atoms with van der Waals surface area (Å²) >= 11 is 12.1. The number of unbranched alkanes of at least 4 members (excludes halogenated alkanes) is 4. The van der Waals surface area contributed by atoms with Crippen molar-refractivity contribution in [3.8, 4) is 0 Å². The van der Waals surface area contributed by atoms with Crippen LogP contribution in [-0.2, 0) is 9.59 Å². The Labute approximate surface area is 208 Å². The van der Waals surface area contributed by atoms with Crippen molar-refractivity contribution in [1.29, 1.82) is 0 Å². The molecule has 0 radical (unpaired) electrons. The van der Waals surface area contributed by atoms with Gasteiger partial charge in [0.1, 0.15) is 6.04 Å². The van der Waals surface area contributed by atoms with Crippen LogP contribution in [0.3, 0.4) is 0 Å². The number of carbonyl (C=O) groups excluding carboxylic acids is 3. The SMILES string of the molecule is CCCCCCCC(=O)N1CCN(C(=O)C(NC(=O)c2ccc(Cl)cc2Cl)C(C)C)CC1C. The summed E-state index contributed by atoms with van der Waals surface area (Å²) in [6, 6.07) is 3.91. The van der Waals surface area contributed by atoms with Crippen LogP contribution in [-0.4, -0.2) is 59.2 Å². The Bertz CT molecular complexity index is 831. The number of piperazine rings is 1. The molecule has 0 aliphatic carbocycles. The van der Waals surface area contributed by atoms with E-state index in [9.17, 15) is 14.4 Å². The first-order chi connectivity index (χ1) is 15.6. The lowest BCUT2D eigenvalue weighted by atomic mass is 10.0. The highest BCUT2D eigenvalue weighted by Gasteiger charge is 2.34. The minimum atomic E-state index is -0.683. The zero-order valence-electron chi connectivity index (χ0n) is 20.2. The number of rotatable bonds is 10. The second-order valence-electron chi connectivity index (χ2n) is 9.20. The van der Waals surface area contributed by atoms with Gasteiger partial charge in [-0.3, -0.25) is 14.4 Å². The lowest BCUT2D eigenvalue weighted by molar-refractivity contribution is -0.144. The van der Waals surface area contributed by atoms with Crippen LogP contribution >= 0.6 is 23.2 Å². The molecule has 1 aromatic rings. The zero-order chi connectivity index (χ0) is 24.5. The van der Waals surface area contributed by atoms with E-state index in [1.165, 1.54) is 25.3 Å². The van der Waals surface area contributed by atoms with Crippen LogP contribution < -0.4 is 5.32 Å². The molecule has 1 N–H and O–H groups in total. The molecule has 1 aliphatic rings. The van der Waals surface area contributed by atoms with E-state index in [4.69, 9.17) is 23.2 Å². The number of halogens is 2. The second-order valence-corrected chi connectivity index (χ2v) is 10.0. The number of nitrogens with one attached hydrogen (secondary N) is 1. The van der Waals surface area contributed by atoms with Crippen LogP contribution in [0, 0.1) is 5.92 Å². The Morgan fingerprint density at radius 2 is 1.79 bits per heavy atom. The van der Waals surface area contributed by atoms with Crippen molar-refractivity contribution in [1.82, 2.24) is 15.1 Å². The summed E-state index contributed by atoms with van der Waals surface area (Å²) < 4.78 is 0. The van der Waals surface area contributed by atoms with E-state index in [1.807, 2.05) is 25.7 Å². The standard InChI is InChI=1S/C25H37Cl2N3O3/c1-5-6-7-8-9-10-22(31)30-14-13-29(16-18(30)4)25(33)23(17(2)3)28-24(32)20-12-11-19(26)15-21(20)27/h11-12,15,17-18,23H,5-10,13-14,16H2,1-4H3,(H,28,32). The van der Waals surface area contributed by atoms with Crippen molar-refractivity contribution in [2.24, 2.45) is 5.92 Å². The van der Waals surface area contributed by atoms with Crippen LogP contribution in [0.1, 0.15) is 76.6 Å². The molecule has 33 heavy (non-hydrogen) atoms. The first kappa shape index (κ1) is 27.5. The normalized spacial score (nSPS) is 17.2. The quantitative estimate of drug-likeness (QED) is 0.453. The molecule has 1 fully saturated rings. The van der Waals surface area contributed by atoms with E-state index in [1.54, 1.807) is 17.0 Å². The number of hydrogen-bond acceptors (Lipinski definition) is 3. The predicted octanol–water partition coefficient (Wildman–Crippen LogP) is 5.17. The highest BCUT2D eigenvalue weighted by molar-refractivity contribution is 6.36. The van der Waals surface area contributed by atoms with Gasteiger partial charge in [-0.1, -0.05) is 69.7 Å². The molecule has 0 saturated carbocycles. The molecule has 6 nitrogen and oxygen atoms in total. The van der Waals surface area contributed by atoms with Crippen LogP contribution in [0.5, 0.6) is 0 Å². The molecule has 0 spiro atoms. The average Bonchev–Trinajstić information content (AvgIpc) is 2.76. The van der Waals surface area contributed by atoms with Gasteiger partial charge >= 0.3 is 0 Å². The van der Waals surface area contributed by atoms with E-state index in [0.29, 0.717) is 31.1 Å². The summed E-state index contributed by atoms with van der Waals surface area (Å²) in [7, 11) is 0. The molecular formula is C25H37Cl2N3O3. The molecule has 2 unspecified atom stereocenters. The highest BCUT2D eigenvalue weighted by Crippen LogP contribution is 2.22.